The number of pyridine rings is 1. The molecule has 1 aromatic heterocycles. The molecule has 1 unspecified atom stereocenters. The molecule has 3 N–H and O–H groups in total. The number of benzene rings is 1. The van der Waals surface area contributed by atoms with Crippen LogP contribution in [0, 0.1) is 13.8 Å². The number of nitrogens with zero attached hydrogens (tertiary/aromatic N) is 1. The molecule has 3 nitrogen and oxygen atoms in total. The van der Waals surface area contributed by atoms with E-state index in [1.54, 1.807) is 6.20 Å². The summed E-state index contributed by atoms with van der Waals surface area (Å²) in [4.78, 5) is 4.06. The van der Waals surface area contributed by atoms with Crippen LogP contribution >= 0.6 is 0 Å². The Morgan fingerprint density at radius 3 is 2.42 bits per heavy atom. The Labute approximate surface area is 114 Å². The lowest BCUT2D eigenvalue weighted by molar-refractivity contribution is 0.0576. The van der Waals surface area contributed by atoms with Crippen molar-refractivity contribution in [2.45, 2.75) is 32.8 Å². The van der Waals surface area contributed by atoms with Gasteiger partial charge in [-0.3, -0.25) is 0 Å². The first-order valence-electron chi connectivity index (χ1n) is 6.39. The minimum absolute atomic E-state index is 0.454. The topological polar surface area (TPSA) is 59.1 Å². The fraction of sp³-hybridized carbons (Fsp3) is 0.312. The summed E-state index contributed by atoms with van der Waals surface area (Å²) in [6.45, 7) is 5.88. The van der Waals surface area contributed by atoms with Crippen LogP contribution in [0.3, 0.4) is 0 Å². The first-order chi connectivity index (χ1) is 8.88. The minimum atomic E-state index is -0.950. The van der Waals surface area contributed by atoms with Crippen molar-refractivity contribution in [3.63, 3.8) is 0 Å². The molecule has 0 saturated heterocycles. The molecule has 2 aromatic rings. The van der Waals surface area contributed by atoms with E-state index in [2.05, 4.69) is 11.1 Å². The van der Waals surface area contributed by atoms with Crippen LogP contribution in [0.2, 0.25) is 0 Å². The van der Waals surface area contributed by atoms with E-state index in [0.29, 0.717) is 12.2 Å². The Morgan fingerprint density at radius 1 is 1.21 bits per heavy atom. The van der Waals surface area contributed by atoms with Crippen molar-refractivity contribution in [2.24, 2.45) is 0 Å². The lowest BCUT2D eigenvalue weighted by Gasteiger charge is -2.25. The number of aryl methyl sites for hydroxylation is 2. The average Bonchev–Trinajstić information content (AvgIpc) is 2.31. The zero-order valence-electron chi connectivity index (χ0n) is 11.6. The van der Waals surface area contributed by atoms with E-state index in [-0.39, 0.29) is 0 Å². The summed E-state index contributed by atoms with van der Waals surface area (Å²) in [6, 6.07) is 9.86. The maximum atomic E-state index is 10.7. The smallest absolute Gasteiger partial charge is 0.126 e. The number of nitrogens with two attached hydrogens (primary N) is 1. The van der Waals surface area contributed by atoms with Gasteiger partial charge in [0.05, 0.1) is 5.60 Å². The summed E-state index contributed by atoms with van der Waals surface area (Å²) < 4.78 is 0. The SMILES string of the molecule is Cc1cc(C)cc(C(C)(O)Cc2cccnc2N)c1. The van der Waals surface area contributed by atoms with Gasteiger partial charge in [0, 0.05) is 12.6 Å². The van der Waals surface area contributed by atoms with Crippen LogP contribution in [-0.4, -0.2) is 10.1 Å². The predicted octanol–water partition coefficient (Wildman–Crippen LogP) is 2.73. The third kappa shape index (κ3) is 3.12. The first kappa shape index (κ1) is 13.6. The molecule has 2 rings (SSSR count). The monoisotopic (exact) mass is 256 g/mol. The Kier molecular flexibility index (Phi) is 3.58. The van der Waals surface area contributed by atoms with Gasteiger partial charge in [0.25, 0.3) is 0 Å². The highest BCUT2D eigenvalue weighted by Crippen LogP contribution is 2.28. The van der Waals surface area contributed by atoms with Gasteiger partial charge in [-0.1, -0.05) is 35.4 Å². The number of rotatable bonds is 3. The molecule has 0 amide bonds. The molecule has 0 radical (unpaired) electrons. The van der Waals surface area contributed by atoms with Crippen LogP contribution in [0.4, 0.5) is 5.82 Å². The van der Waals surface area contributed by atoms with E-state index in [4.69, 9.17) is 5.73 Å². The number of hydrogen-bond acceptors (Lipinski definition) is 3. The van der Waals surface area contributed by atoms with E-state index < -0.39 is 5.60 Å². The summed E-state index contributed by atoms with van der Waals surface area (Å²) in [6.07, 6.45) is 2.11. The third-order valence-electron chi connectivity index (χ3n) is 3.30. The molecule has 1 heterocycles. The third-order valence-corrected chi connectivity index (χ3v) is 3.30. The van der Waals surface area contributed by atoms with E-state index in [0.717, 1.165) is 22.3 Å². The molecule has 0 saturated carbocycles. The minimum Gasteiger partial charge on any atom is -0.385 e. The summed E-state index contributed by atoms with van der Waals surface area (Å²) in [5.41, 5.74) is 8.97. The Balaban J connectivity index is 2.34. The lowest BCUT2D eigenvalue weighted by Crippen LogP contribution is -2.25. The fourth-order valence-corrected chi connectivity index (χ4v) is 2.36. The van der Waals surface area contributed by atoms with Crippen LogP contribution in [0.15, 0.2) is 36.5 Å². The predicted molar refractivity (Wildman–Crippen MR) is 77.8 cm³/mol. The molecule has 1 atom stereocenters. The van der Waals surface area contributed by atoms with Crippen molar-refractivity contribution in [1.82, 2.24) is 4.98 Å². The Hall–Kier alpha value is -1.87. The second-order valence-electron chi connectivity index (χ2n) is 5.37. The second-order valence-corrected chi connectivity index (χ2v) is 5.37. The summed E-state index contributed by atoms with van der Waals surface area (Å²) >= 11 is 0. The molecule has 0 spiro atoms. The first-order valence-corrected chi connectivity index (χ1v) is 6.39. The number of aliphatic hydroxyl groups is 1. The largest absolute Gasteiger partial charge is 0.385 e. The van der Waals surface area contributed by atoms with Gasteiger partial charge in [-0.05, 0) is 38.0 Å². The van der Waals surface area contributed by atoms with Crippen LogP contribution in [0.25, 0.3) is 0 Å². The highest BCUT2D eigenvalue weighted by molar-refractivity contribution is 5.41. The van der Waals surface area contributed by atoms with Gasteiger partial charge in [-0.2, -0.15) is 0 Å². The van der Waals surface area contributed by atoms with E-state index >= 15 is 0 Å². The van der Waals surface area contributed by atoms with Gasteiger partial charge in [0.1, 0.15) is 5.82 Å². The van der Waals surface area contributed by atoms with Crippen LogP contribution < -0.4 is 5.73 Å². The van der Waals surface area contributed by atoms with Crippen molar-refractivity contribution < 1.29 is 5.11 Å². The normalized spacial score (nSPS) is 14.1. The van der Waals surface area contributed by atoms with Crippen molar-refractivity contribution >= 4 is 5.82 Å². The van der Waals surface area contributed by atoms with Gasteiger partial charge in [-0.25, -0.2) is 4.98 Å². The highest BCUT2D eigenvalue weighted by Gasteiger charge is 2.25. The van der Waals surface area contributed by atoms with Crippen molar-refractivity contribution in [2.75, 3.05) is 5.73 Å². The summed E-state index contributed by atoms with van der Waals surface area (Å²) in [7, 11) is 0. The molecular weight excluding hydrogens is 236 g/mol. The number of aromatic nitrogens is 1. The molecule has 0 aliphatic rings. The standard InChI is InChI=1S/C16H20N2O/c1-11-7-12(2)9-14(8-11)16(3,19)10-13-5-4-6-18-15(13)17/h4-9,19H,10H2,1-3H3,(H2,17,18). The molecule has 19 heavy (non-hydrogen) atoms. The average molecular weight is 256 g/mol. The fourth-order valence-electron chi connectivity index (χ4n) is 2.36. The molecular formula is C16H20N2O. The maximum absolute atomic E-state index is 10.7. The zero-order chi connectivity index (χ0) is 14.0. The van der Waals surface area contributed by atoms with Gasteiger partial charge in [0.15, 0.2) is 0 Å². The molecule has 0 bridgehead atoms. The summed E-state index contributed by atoms with van der Waals surface area (Å²) in [5, 5.41) is 10.7. The number of anilines is 1. The highest BCUT2D eigenvalue weighted by atomic mass is 16.3. The van der Waals surface area contributed by atoms with Crippen molar-refractivity contribution in [1.29, 1.82) is 0 Å². The van der Waals surface area contributed by atoms with E-state index in [9.17, 15) is 5.11 Å². The molecule has 0 aliphatic heterocycles. The lowest BCUT2D eigenvalue weighted by atomic mass is 9.87. The number of hydrogen-bond donors (Lipinski definition) is 2. The van der Waals surface area contributed by atoms with Gasteiger partial charge < -0.3 is 10.8 Å². The van der Waals surface area contributed by atoms with Gasteiger partial charge in [0.2, 0.25) is 0 Å². The summed E-state index contributed by atoms with van der Waals surface area (Å²) in [5.74, 6) is 0.479. The van der Waals surface area contributed by atoms with E-state index in [1.165, 1.54) is 0 Å². The van der Waals surface area contributed by atoms with E-state index in [1.807, 2.05) is 45.0 Å². The Bertz CT molecular complexity index is 571. The number of nitrogen functional groups attached to an aromatic ring is 1. The van der Waals surface area contributed by atoms with Crippen molar-refractivity contribution in [3.05, 3.63) is 58.8 Å². The van der Waals surface area contributed by atoms with Gasteiger partial charge in [-0.15, -0.1) is 0 Å². The Morgan fingerprint density at radius 2 is 1.84 bits per heavy atom. The van der Waals surface area contributed by atoms with Crippen molar-refractivity contribution in [3.8, 4) is 0 Å². The molecule has 0 aliphatic carbocycles. The maximum Gasteiger partial charge on any atom is 0.126 e. The quantitative estimate of drug-likeness (QED) is 0.887. The molecule has 3 heteroatoms. The van der Waals surface area contributed by atoms with Crippen LogP contribution in [0.5, 0.6) is 0 Å². The van der Waals surface area contributed by atoms with Crippen LogP contribution in [0.1, 0.15) is 29.2 Å². The molecule has 100 valence electrons. The second kappa shape index (κ2) is 5.02. The van der Waals surface area contributed by atoms with Crippen LogP contribution in [-0.2, 0) is 12.0 Å². The molecule has 0 fully saturated rings. The molecule has 1 aromatic carbocycles. The zero-order valence-corrected chi connectivity index (χ0v) is 11.6. The van der Waals surface area contributed by atoms with Gasteiger partial charge >= 0.3 is 0 Å².